The smallest absolute Gasteiger partial charge is 0.0540 e. The van der Waals surface area contributed by atoms with Crippen molar-refractivity contribution in [2.75, 3.05) is 5.32 Å². The van der Waals surface area contributed by atoms with Crippen LogP contribution in [0.15, 0.2) is 194 Å². The lowest BCUT2D eigenvalue weighted by Crippen LogP contribution is -2.15. The fourth-order valence-electron chi connectivity index (χ4n) is 8.66. The Morgan fingerprint density at radius 2 is 1.30 bits per heavy atom. The molecule has 0 atom stereocenters. The van der Waals surface area contributed by atoms with Gasteiger partial charge in [-0.3, -0.25) is 0 Å². The Morgan fingerprint density at radius 3 is 2.12 bits per heavy atom. The van der Waals surface area contributed by atoms with Crippen LogP contribution >= 0.6 is 0 Å². The van der Waals surface area contributed by atoms with Crippen molar-refractivity contribution in [1.29, 1.82) is 0 Å². The van der Waals surface area contributed by atoms with Crippen molar-refractivity contribution in [3.8, 4) is 22.3 Å². The molecular weight excluding hydrogens is 689 g/mol. The standard InChI is InChI=1S/C29H27N.C26H21N/c1-20-12-17-27-26(18-20)25-16-15-24(19-28(25)29(27,2)3)30-23-11-7-10-22(13-14-23)21-8-5-4-6-9-21;1-19-13-15-23-24-18-21(20-9-5-4-6-10-20)14-16-25(24)27(26(23)17-19)22-11-7-2-3-8-12-22/h4-10,12-19,30H,11H2,1-3H3;2-11,13-18H,12H2,1H3. The first kappa shape index (κ1) is 36.0. The molecule has 6 aromatic carbocycles. The van der Waals surface area contributed by atoms with Gasteiger partial charge in [-0.1, -0.05) is 165 Å². The van der Waals surface area contributed by atoms with Gasteiger partial charge in [-0.15, -0.1) is 0 Å². The van der Waals surface area contributed by atoms with Crippen molar-refractivity contribution in [3.63, 3.8) is 0 Å². The zero-order valence-electron chi connectivity index (χ0n) is 33.3. The normalized spacial score (nSPS) is 15.1. The van der Waals surface area contributed by atoms with Crippen LogP contribution in [-0.2, 0) is 5.41 Å². The van der Waals surface area contributed by atoms with Gasteiger partial charge >= 0.3 is 0 Å². The zero-order valence-corrected chi connectivity index (χ0v) is 33.3. The minimum Gasteiger partial charge on any atom is -0.359 e. The average molecular weight is 737 g/mol. The van der Waals surface area contributed by atoms with E-state index in [0.29, 0.717) is 0 Å². The van der Waals surface area contributed by atoms with Gasteiger partial charge in [0.15, 0.2) is 0 Å². The molecule has 278 valence electrons. The lowest BCUT2D eigenvalue weighted by atomic mass is 9.82. The highest BCUT2D eigenvalue weighted by atomic mass is 15.0. The van der Waals surface area contributed by atoms with E-state index in [1.807, 2.05) is 0 Å². The maximum absolute atomic E-state index is 3.66. The molecule has 1 N–H and O–H groups in total. The van der Waals surface area contributed by atoms with E-state index in [4.69, 9.17) is 0 Å². The summed E-state index contributed by atoms with van der Waals surface area (Å²) < 4.78 is 2.42. The van der Waals surface area contributed by atoms with Crippen molar-refractivity contribution >= 4 is 38.8 Å². The summed E-state index contributed by atoms with van der Waals surface area (Å²) in [7, 11) is 0. The van der Waals surface area contributed by atoms with Gasteiger partial charge in [0.05, 0.1) is 11.0 Å². The number of hydrogen-bond donors (Lipinski definition) is 1. The van der Waals surface area contributed by atoms with Gasteiger partial charge in [0.25, 0.3) is 0 Å². The van der Waals surface area contributed by atoms with Gasteiger partial charge in [-0.25, -0.2) is 0 Å². The number of allylic oxidation sites excluding steroid dienone is 11. The Bertz CT molecular complexity index is 2830. The molecule has 0 saturated carbocycles. The van der Waals surface area contributed by atoms with Crippen molar-refractivity contribution < 1.29 is 0 Å². The first-order chi connectivity index (χ1) is 27.8. The Labute approximate surface area is 337 Å². The molecule has 2 heteroatoms. The Morgan fingerprint density at radius 1 is 0.526 bits per heavy atom. The molecule has 3 aliphatic rings. The van der Waals surface area contributed by atoms with Crippen LogP contribution in [0.4, 0.5) is 5.69 Å². The maximum atomic E-state index is 3.66. The molecule has 0 radical (unpaired) electrons. The minimum absolute atomic E-state index is 0.0220. The highest BCUT2D eigenvalue weighted by Crippen LogP contribution is 2.49. The summed E-state index contributed by atoms with van der Waals surface area (Å²) in [6.45, 7) is 9.00. The van der Waals surface area contributed by atoms with Gasteiger partial charge in [0.1, 0.15) is 0 Å². The molecule has 10 rings (SSSR count). The molecule has 3 aliphatic carbocycles. The molecule has 1 aromatic heterocycles. The van der Waals surface area contributed by atoms with Crippen LogP contribution in [0.3, 0.4) is 0 Å². The summed E-state index contributed by atoms with van der Waals surface area (Å²) in [5, 5.41) is 6.29. The van der Waals surface area contributed by atoms with Crippen LogP contribution in [0.5, 0.6) is 0 Å². The van der Waals surface area contributed by atoms with Crippen LogP contribution in [0.25, 0.3) is 55.3 Å². The molecule has 0 saturated heterocycles. The topological polar surface area (TPSA) is 17.0 Å². The quantitative estimate of drug-likeness (QED) is 0.186. The summed E-state index contributed by atoms with van der Waals surface area (Å²) in [6, 6.07) is 48.5. The van der Waals surface area contributed by atoms with E-state index in [-0.39, 0.29) is 5.41 Å². The van der Waals surface area contributed by atoms with E-state index >= 15 is 0 Å². The van der Waals surface area contributed by atoms with Crippen molar-refractivity contribution in [1.82, 2.24) is 4.57 Å². The van der Waals surface area contributed by atoms with E-state index in [1.54, 1.807) is 0 Å². The monoisotopic (exact) mass is 736 g/mol. The fourth-order valence-corrected chi connectivity index (χ4v) is 8.66. The number of benzene rings is 6. The van der Waals surface area contributed by atoms with Crippen LogP contribution in [-0.4, -0.2) is 4.57 Å². The first-order valence-electron chi connectivity index (χ1n) is 20.1. The van der Waals surface area contributed by atoms with E-state index in [0.717, 1.165) is 18.5 Å². The van der Waals surface area contributed by atoms with E-state index in [2.05, 4.69) is 226 Å². The maximum Gasteiger partial charge on any atom is 0.0540 e. The number of rotatable bonds is 5. The molecule has 1 heterocycles. The van der Waals surface area contributed by atoms with Gasteiger partial charge in [0, 0.05) is 46.1 Å². The molecule has 57 heavy (non-hydrogen) atoms. The lowest BCUT2D eigenvalue weighted by molar-refractivity contribution is 0.660. The molecule has 0 unspecified atom stereocenters. The first-order valence-corrected chi connectivity index (χ1v) is 20.1. The largest absolute Gasteiger partial charge is 0.359 e. The number of anilines is 1. The molecule has 0 bridgehead atoms. The summed E-state index contributed by atoms with van der Waals surface area (Å²) in [6.07, 6.45) is 21.5. The van der Waals surface area contributed by atoms with E-state index < -0.39 is 0 Å². The fraction of sp³-hybridized carbons (Fsp3) is 0.127. The third kappa shape index (κ3) is 7.04. The Kier molecular flexibility index (Phi) is 9.56. The number of fused-ring (bicyclic) bond motifs is 6. The van der Waals surface area contributed by atoms with Gasteiger partial charge in [-0.2, -0.15) is 0 Å². The molecule has 0 spiro atoms. The second-order valence-corrected chi connectivity index (χ2v) is 16.0. The summed E-state index contributed by atoms with van der Waals surface area (Å²) in [4.78, 5) is 0. The predicted molar refractivity (Wildman–Crippen MR) is 245 cm³/mol. The number of aryl methyl sites for hydroxylation is 2. The Hall–Kier alpha value is -6.64. The zero-order chi connectivity index (χ0) is 38.9. The highest BCUT2D eigenvalue weighted by molar-refractivity contribution is 6.11. The number of aromatic nitrogens is 1. The third-order valence-corrected chi connectivity index (χ3v) is 11.6. The van der Waals surface area contributed by atoms with E-state index in [9.17, 15) is 0 Å². The summed E-state index contributed by atoms with van der Waals surface area (Å²) >= 11 is 0. The second kappa shape index (κ2) is 15.1. The second-order valence-electron chi connectivity index (χ2n) is 16.0. The molecule has 0 fully saturated rings. The average Bonchev–Trinajstić information content (AvgIpc) is 3.41. The number of nitrogens with zero attached hydrogens (tertiary/aromatic N) is 1. The molecule has 7 aromatic rings. The van der Waals surface area contributed by atoms with Gasteiger partial charge in [0.2, 0.25) is 0 Å². The third-order valence-electron chi connectivity index (χ3n) is 11.6. The SMILES string of the molecule is Cc1ccc2c(c1)-c1ccc(NC3=CC=C(c4ccccc4)C=CC3)cc1C2(C)C.Cc1ccc2c3cc(-c4ccccc4)ccc3n(C3=CC=CC=CC3)c2c1. The molecule has 0 aliphatic heterocycles. The molecular formula is C55H48N2. The number of hydrogen-bond acceptors (Lipinski definition) is 1. The molecule has 0 amide bonds. The molecule has 2 nitrogen and oxygen atoms in total. The van der Waals surface area contributed by atoms with Crippen LogP contribution < -0.4 is 5.32 Å². The van der Waals surface area contributed by atoms with Crippen molar-refractivity contribution in [2.45, 2.75) is 46.0 Å². The summed E-state index contributed by atoms with van der Waals surface area (Å²) in [5.74, 6) is 0. The summed E-state index contributed by atoms with van der Waals surface area (Å²) in [5.41, 5.74) is 19.4. The van der Waals surface area contributed by atoms with Crippen molar-refractivity contribution in [3.05, 3.63) is 222 Å². The highest BCUT2D eigenvalue weighted by Gasteiger charge is 2.35. The van der Waals surface area contributed by atoms with Gasteiger partial charge < -0.3 is 9.88 Å². The van der Waals surface area contributed by atoms with Crippen LogP contribution in [0.1, 0.15) is 54.5 Å². The van der Waals surface area contributed by atoms with Gasteiger partial charge in [-0.05, 0) is 106 Å². The van der Waals surface area contributed by atoms with Crippen LogP contribution in [0.2, 0.25) is 0 Å². The Balaban J connectivity index is 0.000000149. The predicted octanol–water partition coefficient (Wildman–Crippen LogP) is 14.8. The van der Waals surface area contributed by atoms with E-state index in [1.165, 1.54) is 88.8 Å². The van der Waals surface area contributed by atoms with Crippen molar-refractivity contribution in [2.24, 2.45) is 0 Å². The number of nitrogens with one attached hydrogen (secondary N) is 1. The minimum atomic E-state index is 0.0220. The van der Waals surface area contributed by atoms with Crippen LogP contribution in [0, 0.1) is 13.8 Å². The lowest BCUT2D eigenvalue weighted by Gasteiger charge is -2.22.